The van der Waals surface area contributed by atoms with Gasteiger partial charge in [-0.3, -0.25) is 13.9 Å². The van der Waals surface area contributed by atoms with Gasteiger partial charge >= 0.3 is 0 Å². The summed E-state index contributed by atoms with van der Waals surface area (Å²) < 4.78 is 40.7. The lowest BCUT2D eigenvalue weighted by molar-refractivity contribution is -0.140. The summed E-state index contributed by atoms with van der Waals surface area (Å²) in [7, 11) is -3.84. The number of sulfonamides is 1. The minimum Gasteiger partial charge on any atom is -0.352 e. The minimum absolute atomic E-state index is 0.0131. The van der Waals surface area contributed by atoms with Gasteiger partial charge in [0.1, 0.15) is 18.4 Å². The maximum Gasteiger partial charge on any atom is 0.244 e. The van der Waals surface area contributed by atoms with Crippen molar-refractivity contribution in [2.75, 3.05) is 17.1 Å². The molecular weight excluding hydrogens is 541 g/mol. The van der Waals surface area contributed by atoms with Gasteiger partial charge in [-0.2, -0.15) is 0 Å². The van der Waals surface area contributed by atoms with E-state index in [9.17, 15) is 22.4 Å². The molecule has 4 rings (SSSR count). The highest BCUT2D eigenvalue weighted by Gasteiger charge is 2.34. The van der Waals surface area contributed by atoms with Gasteiger partial charge in [-0.25, -0.2) is 12.8 Å². The van der Waals surface area contributed by atoms with E-state index >= 15 is 0 Å². The molecule has 3 aromatic carbocycles. The highest BCUT2D eigenvalue weighted by atomic mass is 32.2. The fourth-order valence-electron chi connectivity index (χ4n) is 5.20. The number of carbonyl (C=O) groups is 2. The Bertz CT molecular complexity index is 1460. The lowest BCUT2D eigenvalue weighted by Gasteiger charge is -2.34. The zero-order valence-electron chi connectivity index (χ0n) is 23.8. The Morgan fingerprint density at radius 1 is 0.927 bits per heavy atom. The third-order valence-corrected chi connectivity index (χ3v) is 8.84. The minimum atomic E-state index is -3.84. The zero-order valence-corrected chi connectivity index (χ0v) is 24.7. The summed E-state index contributed by atoms with van der Waals surface area (Å²) in [5.74, 6) is -1.22. The first-order valence-corrected chi connectivity index (χ1v) is 15.8. The summed E-state index contributed by atoms with van der Waals surface area (Å²) in [5.41, 5.74) is 3.76. The van der Waals surface area contributed by atoms with E-state index in [1.165, 1.54) is 17.0 Å². The lowest BCUT2D eigenvalue weighted by atomic mass is 10.0. The van der Waals surface area contributed by atoms with Crippen molar-refractivity contribution < 1.29 is 22.4 Å². The second kappa shape index (κ2) is 13.3. The Morgan fingerprint density at radius 2 is 1.59 bits per heavy atom. The van der Waals surface area contributed by atoms with Crippen molar-refractivity contribution in [3.05, 3.63) is 101 Å². The van der Waals surface area contributed by atoms with Crippen LogP contribution >= 0.6 is 0 Å². The third kappa shape index (κ3) is 8.16. The fourth-order valence-corrected chi connectivity index (χ4v) is 6.04. The van der Waals surface area contributed by atoms with Gasteiger partial charge in [-0.05, 0) is 73.2 Å². The van der Waals surface area contributed by atoms with E-state index in [0.717, 1.165) is 52.9 Å². The largest absolute Gasteiger partial charge is 0.352 e. The molecule has 0 aliphatic heterocycles. The van der Waals surface area contributed by atoms with Crippen molar-refractivity contribution in [1.29, 1.82) is 0 Å². The Morgan fingerprint density at radius 3 is 2.20 bits per heavy atom. The molecule has 0 saturated heterocycles. The summed E-state index contributed by atoms with van der Waals surface area (Å²) in [4.78, 5) is 29.4. The van der Waals surface area contributed by atoms with Crippen LogP contribution in [0.2, 0.25) is 0 Å². The molecule has 9 heteroatoms. The molecule has 3 aromatic rings. The Hall–Kier alpha value is -3.72. The third-order valence-electron chi connectivity index (χ3n) is 7.70. The average Bonchev–Trinajstić information content (AvgIpc) is 3.45. The molecule has 2 amide bonds. The van der Waals surface area contributed by atoms with E-state index in [4.69, 9.17) is 0 Å². The number of benzene rings is 3. The monoisotopic (exact) mass is 579 g/mol. The number of nitrogens with one attached hydrogen (secondary N) is 1. The first-order chi connectivity index (χ1) is 19.5. The molecular formula is C32H38FN3O4S. The van der Waals surface area contributed by atoms with Gasteiger partial charge in [0, 0.05) is 19.0 Å². The molecule has 1 N–H and O–H groups in total. The Kier molecular flexibility index (Phi) is 9.81. The molecule has 0 radical (unpaired) electrons. The first kappa shape index (κ1) is 30.2. The molecule has 41 heavy (non-hydrogen) atoms. The summed E-state index contributed by atoms with van der Waals surface area (Å²) in [5, 5.41) is 3.13. The second-order valence-corrected chi connectivity index (χ2v) is 12.8. The van der Waals surface area contributed by atoms with E-state index < -0.39 is 34.3 Å². The number of nitrogens with zero attached hydrogens (tertiary/aromatic N) is 2. The Labute approximate surface area is 242 Å². The second-order valence-electron chi connectivity index (χ2n) is 10.9. The van der Waals surface area contributed by atoms with E-state index in [0.29, 0.717) is 11.3 Å². The Balaban J connectivity index is 1.72. The van der Waals surface area contributed by atoms with Gasteiger partial charge in [0.2, 0.25) is 21.8 Å². The topological polar surface area (TPSA) is 86.8 Å². The predicted molar refractivity (Wildman–Crippen MR) is 159 cm³/mol. The van der Waals surface area contributed by atoms with Gasteiger partial charge in [0.05, 0.1) is 11.9 Å². The van der Waals surface area contributed by atoms with Crippen molar-refractivity contribution >= 4 is 27.5 Å². The van der Waals surface area contributed by atoms with Crippen LogP contribution in [0.5, 0.6) is 0 Å². The normalized spacial score (nSPS) is 14.4. The highest BCUT2D eigenvalue weighted by Crippen LogP contribution is 2.24. The van der Waals surface area contributed by atoms with Crippen LogP contribution in [0.25, 0.3) is 0 Å². The molecule has 1 aliphatic carbocycles. The van der Waals surface area contributed by atoms with Crippen LogP contribution < -0.4 is 9.62 Å². The number of halogens is 1. The number of rotatable bonds is 11. The van der Waals surface area contributed by atoms with Crippen LogP contribution in [0.3, 0.4) is 0 Å². The fraction of sp³-hybridized carbons (Fsp3) is 0.375. The molecule has 0 heterocycles. The first-order valence-electron chi connectivity index (χ1n) is 13.9. The molecule has 1 aliphatic rings. The molecule has 0 unspecified atom stereocenters. The molecule has 0 spiro atoms. The van der Waals surface area contributed by atoms with E-state index in [1.807, 2.05) is 50.2 Å². The van der Waals surface area contributed by atoms with Crippen molar-refractivity contribution in [1.82, 2.24) is 10.2 Å². The molecule has 1 fully saturated rings. The summed E-state index contributed by atoms with van der Waals surface area (Å²) in [6, 6.07) is 19.5. The summed E-state index contributed by atoms with van der Waals surface area (Å²) in [6.45, 7) is 3.34. The summed E-state index contributed by atoms with van der Waals surface area (Å²) >= 11 is 0. The average molecular weight is 580 g/mol. The number of carbonyl (C=O) groups excluding carboxylic acids is 2. The predicted octanol–water partition coefficient (Wildman–Crippen LogP) is 4.91. The molecule has 1 saturated carbocycles. The molecule has 0 bridgehead atoms. The molecule has 0 aromatic heterocycles. The van der Waals surface area contributed by atoms with Crippen LogP contribution in [0.15, 0.2) is 72.8 Å². The van der Waals surface area contributed by atoms with Gasteiger partial charge in [0.25, 0.3) is 0 Å². The van der Waals surface area contributed by atoms with E-state index in [-0.39, 0.29) is 24.9 Å². The van der Waals surface area contributed by atoms with Gasteiger partial charge in [-0.1, -0.05) is 61.4 Å². The van der Waals surface area contributed by atoms with Crippen molar-refractivity contribution in [2.45, 2.75) is 64.6 Å². The lowest BCUT2D eigenvalue weighted by Crippen LogP contribution is -2.54. The van der Waals surface area contributed by atoms with Gasteiger partial charge < -0.3 is 10.2 Å². The zero-order chi connectivity index (χ0) is 29.6. The van der Waals surface area contributed by atoms with Crippen LogP contribution in [-0.2, 0) is 32.6 Å². The molecule has 1 atom stereocenters. The maximum absolute atomic E-state index is 14.1. The smallest absolute Gasteiger partial charge is 0.244 e. The number of aryl methyl sites for hydroxylation is 2. The standard InChI is InChI=1S/C32H38FN3O4S/c1-23-13-18-29(19-24(23)2)36(41(3,39)40)22-31(37)35(21-26-14-16-27(33)17-15-26)30(20-25-9-5-4-6-10-25)32(38)34-28-11-7-8-12-28/h4-6,9-10,13-19,28,30H,7-8,11-12,20-22H2,1-3H3,(H,34,38)/t30-/m0/s1. The van der Waals surface area contributed by atoms with Crippen molar-refractivity contribution in [3.8, 4) is 0 Å². The number of amides is 2. The highest BCUT2D eigenvalue weighted by molar-refractivity contribution is 7.92. The van der Waals surface area contributed by atoms with Crippen molar-refractivity contribution in [3.63, 3.8) is 0 Å². The van der Waals surface area contributed by atoms with Crippen molar-refractivity contribution in [2.24, 2.45) is 0 Å². The SMILES string of the molecule is Cc1ccc(N(CC(=O)N(Cc2ccc(F)cc2)[C@@H](Cc2ccccc2)C(=O)NC2CCCC2)S(C)(=O)=O)cc1C. The van der Waals surface area contributed by atoms with E-state index in [1.54, 1.807) is 24.3 Å². The van der Waals surface area contributed by atoms with E-state index in [2.05, 4.69) is 5.32 Å². The van der Waals surface area contributed by atoms with Gasteiger partial charge in [-0.15, -0.1) is 0 Å². The quantitative estimate of drug-likeness (QED) is 0.350. The molecule has 7 nitrogen and oxygen atoms in total. The van der Waals surface area contributed by atoms with Crippen LogP contribution in [0.1, 0.15) is 47.9 Å². The van der Waals surface area contributed by atoms with Crippen LogP contribution in [-0.4, -0.2) is 50.0 Å². The maximum atomic E-state index is 14.1. The summed E-state index contributed by atoms with van der Waals surface area (Å²) in [6.07, 6.45) is 5.13. The number of anilines is 1. The van der Waals surface area contributed by atoms with Crippen LogP contribution in [0.4, 0.5) is 10.1 Å². The number of hydrogen-bond acceptors (Lipinski definition) is 4. The van der Waals surface area contributed by atoms with Crippen LogP contribution in [0, 0.1) is 19.7 Å². The van der Waals surface area contributed by atoms with Gasteiger partial charge in [0.15, 0.2) is 0 Å². The molecule has 218 valence electrons. The number of hydrogen-bond donors (Lipinski definition) is 1.